The molecule has 0 amide bonds. The lowest BCUT2D eigenvalue weighted by Crippen LogP contribution is -2.36. The molecule has 1 aliphatic heterocycles. The van der Waals surface area contributed by atoms with Crippen molar-refractivity contribution < 1.29 is 9.90 Å². The summed E-state index contributed by atoms with van der Waals surface area (Å²) in [5, 5.41) is 9.54. The summed E-state index contributed by atoms with van der Waals surface area (Å²) in [6.45, 7) is 0.737. The average Bonchev–Trinajstić information content (AvgIpc) is 2.67. The van der Waals surface area contributed by atoms with E-state index in [-0.39, 0.29) is 0 Å². The van der Waals surface area contributed by atoms with E-state index < -0.39 is 12.0 Å². The number of carboxylic acid groups (broad SMARTS) is 1. The number of aromatic nitrogens is 1. The molecule has 1 atom stereocenters. The Bertz CT molecular complexity index is 383. The minimum atomic E-state index is -0.791. The molecule has 0 aromatic carbocycles. The van der Waals surface area contributed by atoms with Crippen LogP contribution in [0.4, 0.5) is 5.69 Å². The number of nitrogens with zero attached hydrogens (tertiary/aromatic N) is 2. The van der Waals surface area contributed by atoms with E-state index in [1.165, 1.54) is 6.20 Å². The number of hydrogen-bond donors (Lipinski definition) is 1. The van der Waals surface area contributed by atoms with Crippen LogP contribution in [0.1, 0.15) is 12.8 Å². The average molecular weight is 227 g/mol. The molecule has 5 heteroatoms. The second-order valence-corrected chi connectivity index (χ2v) is 3.92. The van der Waals surface area contributed by atoms with E-state index in [9.17, 15) is 4.79 Å². The maximum absolute atomic E-state index is 11.0. The van der Waals surface area contributed by atoms with Crippen molar-refractivity contribution in [3.63, 3.8) is 0 Å². The molecule has 1 aliphatic rings. The van der Waals surface area contributed by atoms with Crippen LogP contribution in [0.15, 0.2) is 18.5 Å². The molecular formula is C10H11ClN2O2. The molecule has 4 nitrogen and oxygen atoms in total. The van der Waals surface area contributed by atoms with Crippen LogP contribution in [0.5, 0.6) is 0 Å². The Morgan fingerprint density at radius 2 is 2.47 bits per heavy atom. The molecule has 1 fully saturated rings. The zero-order chi connectivity index (χ0) is 10.8. The summed E-state index contributed by atoms with van der Waals surface area (Å²) in [7, 11) is 0. The highest BCUT2D eigenvalue weighted by atomic mass is 35.5. The SMILES string of the molecule is O=C(O)[C@@H]1CCCN1c1ccncc1Cl. The van der Waals surface area contributed by atoms with Gasteiger partial charge in [0.05, 0.1) is 10.7 Å². The van der Waals surface area contributed by atoms with Crippen molar-refractivity contribution in [2.75, 3.05) is 11.4 Å². The molecule has 1 aromatic rings. The molecule has 0 radical (unpaired) electrons. The zero-order valence-electron chi connectivity index (χ0n) is 8.06. The molecular weight excluding hydrogens is 216 g/mol. The van der Waals surface area contributed by atoms with Crippen LogP contribution in [0.2, 0.25) is 5.02 Å². The first-order chi connectivity index (χ1) is 7.20. The van der Waals surface area contributed by atoms with Crippen LogP contribution in [0.3, 0.4) is 0 Å². The molecule has 0 saturated carbocycles. The Labute approximate surface area is 92.5 Å². The van der Waals surface area contributed by atoms with Gasteiger partial charge in [-0.1, -0.05) is 11.6 Å². The first kappa shape index (κ1) is 10.2. The van der Waals surface area contributed by atoms with E-state index in [4.69, 9.17) is 16.7 Å². The van der Waals surface area contributed by atoms with Crippen LogP contribution >= 0.6 is 11.6 Å². The van der Waals surface area contributed by atoms with Crippen LogP contribution in [0, 0.1) is 0 Å². The van der Waals surface area contributed by atoms with Crippen molar-refractivity contribution in [1.29, 1.82) is 0 Å². The van der Waals surface area contributed by atoms with Gasteiger partial charge in [-0.3, -0.25) is 4.98 Å². The molecule has 0 spiro atoms. The Balaban J connectivity index is 2.30. The molecule has 1 aromatic heterocycles. The Morgan fingerprint density at radius 3 is 3.13 bits per heavy atom. The summed E-state index contributed by atoms with van der Waals surface area (Å²) in [6, 6.07) is 1.30. The number of anilines is 1. The molecule has 15 heavy (non-hydrogen) atoms. The van der Waals surface area contributed by atoms with Crippen molar-refractivity contribution in [2.45, 2.75) is 18.9 Å². The van der Waals surface area contributed by atoms with Crippen molar-refractivity contribution in [2.24, 2.45) is 0 Å². The lowest BCUT2D eigenvalue weighted by molar-refractivity contribution is -0.138. The van der Waals surface area contributed by atoms with Gasteiger partial charge in [-0.25, -0.2) is 4.79 Å². The van der Waals surface area contributed by atoms with Gasteiger partial charge in [-0.15, -0.1) is 0 Å². The monoisotopic (exact) mass is 226 g/mol. The standard InChI is InChI=1S/C10H11ClN2O2/c11-7-6-12-4-3-8(7)13-5-1-2-9(13)10(14)15/h3-4,6,9H,1-2,5H2,(H,14,15)/t9-/m0/s1. The lowest BCUT2D eigenvalue weighted by atomic mass is 10.2. The third-order valence-corrected chi connectivity index (χ3v) is 2.89. The largest absolute Gasteiger partial charge is 0.480 e. The first-order valence-electron chi connectivity index (χ1n) is 4.79. The van der Waals surface area contributed by atoms with Gasteiger partial charge in [0.1, 0.15) is 6.04 Å². The highest BCUT2D eigenvalue weighted by molar-refractivity contribution is 6.33. The number of pyridine rings is 1. The van der Waals surface area contributed by atoms with Crippen LogP contribution < -0.4 is 4.90 Å². The van der Waals surface area contributed by atoms with Crippen LogP contribution in [-0.2, 0) is 4.79 Å². The number of halogens is 1. The summed E-state index contributed by atoms with van der Waals surface area (Å²) >= 11 is 5.98. The highest BCUT2D eigenvalue weighted by Gasteiger charge is 2.31. The van der Waals surface area contributed by atoms with Gasteiger partial charge < -0.3 is 10.0 Å². The smallest absolute Gasteiger partial charge is 0.326 e. The Kier molecular flexibility index (Phi) is 2.77. The quantitative estimate of drug-likeness (QED) is 0.836. The minimum absolute atomic E-state index is 0.454. The number of carboxylic acids is 1. The second kappa shape index (κ2) is 4.06. The van der Waals surface area contributed by atoms with E-state index in [1.807, 2.05) is 4.90 Å². The van der Waals surface area contributed by atoms with Gasteiger partial charge >= 0.3 is 5.97 Å². The number of rotatable bonds is 2. The van der Waals surface area contributed by atoms with Gasteiger partial charge in [-0.2, -0.15) is 0 Å². The van der Waals surface area contributed by atoms with Crippen LogP contribution in [-0.4, -0.2) is 28.6 Å². The Hall–Kier alpha value is -1.29. The molecule has 1 saturated heterocycles. The molecule has 1 N–H and O–H groups in total. The summed E-state index contributed by atoms with van der Waals surface area (Å²) in [5.41, 5.74) is 0.761. The maximum atomic E-state index is 11.0. The fourth-order valence-corrected chi connectivity index (χ4v) is 2.14. The summed E-state index contributed by atoms with van der Waals surface area (Å²) in [6.07, 6.45) is 4.72. The fourth-order valence-electron chi connectivity index (χ4n) is 1.91. The molecule has 80 valence electrons. The predicted molar refractivity (Wildman–Crippen MR) is 57.3 cm³/mol. The van der Waals surface area contributed by atoms with Gasteiger partial charge in [0.15, 0.2) is 0 Å². The highest BCUT2D eigenvalue weighted by Crippen LogP contribution is 2.30. The molecule has 2 rings (SSSR count). The zero-order valence-corrected chi connectivity index (χ0v) is 8.81. The second-order valence-electron chi connectivity index (χ2n) is 3.52. The van der Waals surface area contributed by atoms with Crippen molar-refractivity contribution in [3.05, 3.63) is 23.5 Å². The number of carbonyl (C=O) groups is 1. The van der Waals surface area contributed by atoms with Crippen molar-refractivity contribution >= 4 is 23.3 Å². The third-order valence-electron chi connectivity index (χ3n) is 2.60. The topological polar surface area (TPSA) is 53.4 Å². The molecule has 2 heterocycles. The minimum Gasteiger partial charge on any atom is -0.480 e. The number of hydrogen-bond acceptors (Lipinski definition) is 3. The summed E-state index contributed by atoms with van der Waals surface area (Å²) in [4.78, 5) is 16.7. The van der Waals surface area contributed by atoms with Gasteiger partial charge in [0.2, 0.25) is 0 Å². The van der Waals surface area contributed by atoms with Crippen molar-refractivity contribution in [3.8, 4) is 0 Å². The molecule has 0 unspecified atom stereocenters. The summed E-state index contributed by atoms with van der Waals surface area (Å²) < 4.78 is 0. The van der Waals surface area contributed by atoms with E-state index in [0.29, 0.717) is 11.4 Å². The predicted octanol–water partition coefficient (Wildman–Crippen LogP) is 1.79. The fraction of sp³-hybridized carbons (Fsp3) is 0.400. The van der Waals surface area contributed by atoms with Crippen molar-refractivity contribution in [1.82, 2.24) is 4.98 Å². The first-order valence-corrected chi connectivity index (χ1v) is 5.17. The third kappa shape index (κ3) is 1.90. The normalized spacial score (nSPS) is 20.6. The van der Waals surface area contributed by atoms with Gasteiger partial charge in [-0.05, 0) is 18.9 Å². The van der Waals surface area contributed by atoms with Gasteiger partial charge in [0, 0.05) is 18.9 Å². The van der Waals surface area contributed by atoms with E-state index >= 15 is 0 Å². The van der Waals surface area contributed by atoms with Crippen LogP contribution in [0.25, 0.3) is 0 Å². The van der Waals surface area contributed by atoms with Gasteiger partial charge in [0.25, 0.3) is 0 Å². The molecule has 0 aliphatic carbocycles. The summed E-state index contributed by atoms with van der Waals surface area (Å²) in [5.74, 6) is -0.791. The maximum Gasteiger partial charge on any atom is 0.326 e. The lowest BCUT2D eigenvalue weighted by Gasteiger charge is -2.24. The number of aliphatic carboxylic acids is 1. The molecule has 0 bridgehead atoms. The van der Waals surface area contributed by atoms with E-state index in [0.717, 1.165) is 18.7 Å². The Morgan fingerprint density at radius 1 is 1.67 bits per heavy atom. The van der Waals surface area contributed by atoms with E-state index in [1.54, 1.807) is 12.3 Å². The van der Waals surface area contributed by atoms with E-state index in [2.05, 4.69) is 4.98 Å².